The molecule has 2 heteroatoms. The van der Waals surface area contributed by atoms with E-state index in [1.165, 1.54) is 0 Å². The summed E-state index contributed by atoms with van der Waals surface area (Å²) in [5.41, 5.74) is 0. The quantitative estimate of drug-likeness (QED) is 0.473. The SMILES string of the molecule is [Si]c1ccccc1Cl. The van der Waals surface area contributed by atoms with E-state index >= 15 is 0 Å². The molecule has 0 amide bonds. The second-order valence-electron chi connectivity index (χ2n) is 1.48. The van der Waals surface area contributed by atoms with E-state index in [0.29, 0.717) is 0 Å². The van der Waals surface area contributed by atoms with Crippen LogP contribution in [0.15, 0.2) is 24.3 Å². The highest BCUT2D eigenvalue weighted by Crippen LogP contribution is 2.00. The predicted octanol–water partition coefficient (Wildman–Crippen LogP) is 1.13. The molecule has 0 aliphatic rings. The van der Waals surface area contributed by atoms with Crippen LogP contribution in [0.5, 0.6) is 0 Å². The molecule has 0 saturated carbocycles. The van der Waals surface area contributed by atoms with Crippen LogP contribution in [0.4, 0.5) is 0 Å². The summed E-state index contributed by atoms with van der Waals surface area (Å²) < 4.78 is 0. The second kappa shape index (κ2) is 2.33. The molecule has 0 spiro atoms. The van der Waals surface area contributed by atoms with Crippen molar-refractivity contribution in [2.45, 2.75) is 0 Å². The van der Waals surface area contributed by atoms with Gasteiger partial charge in [-0.25, -0.2) is 0 Å². The Balaban J connectivity index is 3.13. The zero-order valence-electron chi connectivity index (χ0n) is 4.19. The van der Waals surface area contributed by atoms with Crippen LogP contribution in [0.1, 0.15) is 0 Å². The van der Waals surface area contributed by atoms with Gasteiger partial charge in [-0.3, -0.25) is 0 Å². The molecule has 8 heavy (non-hydrogen) atoms. The molecular weight excluding hydrogens is 136 g/mol. The first-order valence-corrected chi connectivity index (χ1v) is 3.14. The summed E-state index contributed by atoms with van der Waals surface area (Å²) >= 11 is 5.66. The fourth-order valence-electron chi connectivity index (χ4n) is 0.461. The zero-order chi connectivity index (χ0) is 5.98. The van der Waals surface area contributed by atoms with Crippen LogP contribution in [0.25, 0.3) is 0 Å². The molecule has 0 N–H and O–H groups in total. The van der Waals surface area contributed by atoms with Gasteiger partial charge in [-0.1, -0.05) is 29.8 Å². The topological polar surface area (TPSA) is 0 Å². The summed E-state index contributed by atoms with van der Waals surface area (Å²) in [6.07, 6.45) is 0. The molecule has 1 aromatic carbocycles. The van der Waals surface area contributed by atoms with Crippen LogP contribution in [-0.2, 0) is 0 Å². The zero-order valence-corrected chi connectivity index (χ0v) is 5.94. The third-order valence-corrected chi connectivity index (χ3v) is 1.80. The Hall–Kier alpha value is -0.273. The maximum atomic E-state index is 5.66. The van der Waals surface area contributed by atoms with E-state index in [0.717, 1.165) is 10.2 Å². The van der Waals surface area contributed by atoms with Crippen molar-refractivity contribution in [1.82, 2.24) is 0 Å². The molecule has 0 heterocycles. The van der Waals surface area contributed by atoms with Gasteiger partial charge in [0.25, 0.3) is 0 Å². The van der Waals surface area contributed by atoms with Crippen LogP contribution in [-0.4, -0.2) is 10.2 Å². The Morgan fingerprint density at radius 3 is 2.25 bits per heavy atom. The minimum atomic E-state index is 0.754. The molecule has 0 aliphatic heterocycles. The molecule has 0 nitrogen and oxygen atoms in total. The molecule has 0 unspecified atom stereocenters. The van der Waals surface area contributed by atoms with Crippen molar-refractivity contribution >= 4 is 27.0 Å². The van der Waals surface area contributed by atoms with Crippen molar-refractivity contribution in [3.8, 4) is 0 Å². The summed E-state index contributed by atoms with van der Waals surface area (Å²) in [6.45, 7) is 0. The average Bonchev–Trinajstić information content (AvgIpc) is 1.77. The maximum absolute atomic E-state index is 5.66. The van der Waals surface area contributed by atoms with Gasteiger partial charge in [0.1, 0.15) is 0 Å². The van der Waals surface area contributed by atoms with Crippen molar-refractivity contribution in [3.63, 3.8) is 0 Å². The van der Waals surface area contributed by atoms with Crippen LogP contribution in [0.3, 0.4) is 0 Å². The first-order valence-electron chi connectivity index (χ1n) is 2.27. The Bertz CT molecular complexity index is 165. The van der Waals surface area contributed by atoms with Crippen molar-refractivity contribution in [2.24, 2.45) is 0 Å². The summed E-state index contributed by atoms with van der Waals surface area (Å²) in [5, 5.41) is 1.69. The van der Waals surface area contributed by atoms with Gasteiger partial charge >= 0.3 is 0 Å². The number of hydrogen-bond acceptors (Lipinski definition) is 0. The summed E-state index contributed by atoms with van der Waals surface area (Å²) in [5.74, 6) is 0. The fraction of sp³-hybridized carbons (Fsp3) is 0. The Labute approximate surface area is 56.9 Å². The minimum Gasteiger partial charge on any atom is -0.0845 e. The lowest BCUT2D eigenvalue weighted by atomic mass is 10.4. The fourth-order valence-corrected chi connectivity index (χ4v) is 0.776. The first-order chi connectivity index (χ1) is 3.80. The van der Waals surface area contributed by atoms with E-state index in [2.05, 4.69) is 10.2 Å². The molecule has 0 fully saturated rings. The first kappa shape index (κ1) is 5.86. The second-order valence-corrected chi connectivity index (χ2v) is 2.43. The van der Waals surface area contributed by atoms with Gasteiger partial charge in [0.15, 0.2) is 0 Å². The monoisotopic (exact) mass is 139 g/mol. The lowest BCUT2D eigenvalue weighted by molar-refractivity contribution is 1.77. The highest BCUT2D eigenvalue weighted by molar-refractivity contribution is 6.44. The van der Waals surface area contributed by atoms with Crippen LogP contribution in [0, 0.1) is 0 Å². The molecule has 0 aromatic heterocycles. The number of rotatable bonds is 0. The molecule has 0 aliphatic carbocycles. The molecule has 0 saturated heterocycles. The van der Waals surface area contributed by atoms with Crippen LogP contribution < -0.4 is 5.19 Å². The van der Waals surface area contributed by atoms with Crippen molar-refractivity contribution in [3.05, 3.63) is 29.3 Å². The van der Waals surface area contributed by atoms with E-state index in [1.807, 2.05) is 24.3 Å². The lowest BCUT2D eigenvalue weighted by Gasteiger charge is -1.90. The highest BCUT2D eigenvalue weighted by atomic mass is 35.5. The van der Waals surface area contributed by atoms with E-state index in [1.54, 1.807) is 0 Å². The predicted molar refractivity (Wildman–Crippen MR) is 36.8 cm³/mol. The number of halogens is 1. The van der Waals surface area contributed by atoms with Crippen molar-refractivity contribution in [2.75, 3.05) is 0 Å². The molecule has 0 atom stereocenters. The number of hydrogen-bond donors (Lipinski definition) is 0. The lowest BCUT2D eigenvalue weighted by Crippen LogP contribution is -2.00. The Morgan fingerprint density at radius 2 is 1.88 bits per heavy atom. The van der Waals surface area contributed by atoms with Crippen molar-refractivity contribution < 1.29 is 0 Å². The Kier molecular flexibility index (Phi) is 1.71. The van der Waals surface area contributed by atoms with Gasteiger partial charge < -0.3 is 0 Å². The molecule has 1 rings (SSSR count). The standard InChI is InChI=1S/C6H4ClSi/c7-5-3-1-2-4-6(5)8/h1-4H. The largest absolute Gasteiger partial charge is 0.0845 e. The van der Waals surface area contributed by atoms with Gasteiger partial charge in [-0.05, 0) is 11.3 Å². The van der Waals surface area contributed by atoms with E-state index < -0.39 is 0 Å². The molecule has 0 bridgehead atoms. The van der Waals surface area contributed by atoms with Gasteiger partial charge in [-0.15, -0.1) is 0 Å². The number of benzene rings is 1. The summed E-state index contributed by atoms with van der Waals surface area (Å²) in [7, 11) is 3.31. The minimum absolute atomic E-state index is 0.754. The van der Waals surface area contributed by atoms with E-state index in [4.69, 9.17) is 11.6 Å². The third-order valence-electron chi connectivity index (χ3n) is 0.874. The summed E-state index contributed by atoms with van der Waals surface area (Å²) in [4.78, 5) is 0. The van der Waals surface area contributed by atoms with E-state index in [9.17, 15) is 0 Å². The average molecular weight is 140 g/mol. The third kappa shape index (κ3) is 1.11. The highest BCUT2D eigenvalue weighted by Gasteiger charge is 1.86. The normalized spacial score (nSPS) is 9.25. The van der Waals surface area contributed by atoms with Gasteiger partial charge in [-0.2, -0.15) is 0 Å². The molecular formula is C6H4ClSi. The molecule has 3 radical (unpaired) electrons. The smallest absolute Gasteiger partial charge is 0.0732 e. The Morgan fingerprint density at radius 1 is 1.25 bits per heavy atom. The van der Waals surface area contributed by atoms with Gasteiger partial charge in [0, 0.05) is 5.02 Å². The van der Waals surface area contributed by atoms with Crippen molar-refractivity contribution in [1.29, 1.82) is 0 Å². The molecule has 1 aromatic rings. The van der Waals surface area contributed by atoms with Gasteiger partial charge in [0.05, 0.1) is 10.2 Å². The van der Waals surface area contributed by atoms with E-state index in [-0.39, 0.29) is 0 Å². The maximum Gasteiger partial charge on any atom is 0.0732 e. The summed E-state index contributed by atoms with van der Waals surface area (Å²) in [6, 6.07) is 7.56. The van der Waals surface area contributed by atoms with Crippen LogP contribution >= 0.6 is 11.6 Å². The molecule has 39 valence electrons. The van der Waals surface area contributed by atoms with Crippen LogP contribution in [0.2, 0.25) is 5.02 Å². The van der Waals surface area contributed by atoms with Gasteiger partial charge in [0.2, 0.25) is 0 Å².